The zero-order valence-electron chi connectivity index (χ0n) is 15.2. The molecule has 0 amide bonds. The number of β-amino-alcohol motifs (C(OH)–C–C–N with tert-alkyl or cyclic N) is 1. The maximum Gasteiger partial charge on any atom is 0.135 e. The van der Waals surface area contributed by atoms with E-state index in [2.05, 4.69) is 22.8 Å². The van der Waals surface area contributed by atoms with E-state index in [0.717, 1.165) is 60.4 Å². The first-order valence-electron chi connectivity index (χ1n) is 9.40. The van der Waals surface area contributed by atoms with E-state index in [4.69, 9.17) is 9.15 Å². The van der Waals surface area contributed by atoms with E-state index in [9.17, 15) is 5.11 Å². The molecule has 0 saturated carbocycles. The normalized spacial score (nSPS) is 17.8. The first-order valence-corrected chi connectivity index (χ1v) is 9.40. The Kier molecular flexibility index (Phi) is 5.11. The molecule has 0 radical (unpaired) electrons. The fraction of sp³-hybridized carbons (Fsp3) is 0.429. The molecule has 1 aromatic heterocycles. The molecule has 138 valence electrons. The van der Waals surface area contributed by atoms with Gasteiger partial charge in [-0.25, -0.2) is 0 Å². The fourth-order valence-corrected chi connectivity index (χ4v) is 3.63. The average molecular weight is 354 g/mol. The van der Waals surface area contributed by atoms with Crippen molar-refractivity contribution in [3.63, 3.8) is 0 Å². The molecule has 1 saturated heterocycles. The number of para-hydroxylation sites is 1. The van der Waals surface area contributed by atoms with Gasteiger partial charge in [0.25, 0.3) is 0 Å². The molecular formula is C21H26N2O3. The summed E-state index contributed by atoms with van der Waals surface area (Å²) in [6, 6.07) is 13.8. The van der Waals surface area contributed by atoms with Crippen molar-refractivity contribution < 1.29 is 14.3 Å². The van der Waals surface area contributed by atoms with Crippen LogP contribution in [0.4, 0.5) is 0 Å². The largest absolute Gasteiger partial charge is 0.491 e. The van der Waals surface area contributed by atoms with Gasteiger partial charge in [-0.3, -0.25) is 4.90 Å². The van der Waals surface area contributed by atoms with Gasteiger partial charge < -0.3 is 19.2 Å². The molecule has 5 heteroatoms. The summed E-state index contributed by atoms with van der Waals surface area (Å²) >= 11 is 0. The molecular weight excluding hydrogens is 328 g/mol. The van der Waals surface area contributed by atoms with Gasteiger partial charge in [0.05, 0.1) is 0 Å². The first kappa shape index (κ1) is 17.3. The van der Waals surface area contributed by atoms with Crippen LogP contribution in [0.3, 0.4) is 0 Å². The molecule has 0 spiro atoms. The summed E-state index contributed by atoms with van der Waals surface area (Å²) in [5.41, 5.74) is 1.73. The number of hydrogen-bond acceptors (Lipinski definition) is 5. The number of likely N-dealkylation sites (N-methyl/N-ethyl adjacent to an activating group) is 1. The Labute approximate surface area is 153 Å². The van der Waals surface area contributed by atoms with Crippen molar-refractivity contribution in [3.05, 3.63) is 42.5 Å². The molecule has 1 aliphatic heterocycles. The van der Waals surface area contributed by atoms with Crippen LogP contribution in [0.2, 0.25) is 0 Å². The second kappa shape index (κ2) is 7.66. The SMILES string of the molecule is CCN1CCN(C[C@H](O)COc2ccc3oc4ccccc4c3c2)CC1. The van der Waals surface area contributed by atoms with Crippen molar-refractivity contribution in [2.75, 3.05) is 45.9 Å². The van der Waals surface area contributed by atoms with Gasteiger partial charge in [-0.1, -0.05) is 25.1 Å². The minimum Gasteiger partial charge on any atom is -0.491 e. The Morgan fingerprint density at radius 2 is 1.73 bits per heavy atom. The van der Waals surface area contributed by atoms with Crippen molar-refractivity contribution in [1.29, 1.82) is 0 Å². The smallest absolute Gasteiger partial charge is 0.135 e. The van der Waals surface area contributed by atoms with Gasteiger partial charge in [0.2, 0.25) is 0 Å². The Morgan fingerprint density at radius 3 is 2.54 bits per heavy atom. The molecule has 1 N–H and O–H groups in total. The molecule has 1 fully saturated rings. The zero-order valence-corrected chi connectivity index (χ0v) is 15.2. The number of benzene rings is 2. The number of furan rings is 1. The minimum atomic E-state index is -0.486. The maximum atomic E-state index is 10.3. The van der Waals surface area contributed by atoms with Gasteiger partial charge in [-0.2, -0.15) is 0 Å². The molecule has 5 nitrogen and oxygen atoms in total. The lowest BCUT2D eigenvalue weighted by atomic mass is 10.1. The third kappa shape index (κ3) is 3.70. The van der Waals surface area contributed by atoms with Gasteiger partial charge >= 0.3 is 0 Å². The van der Waals surface area contributed by atoms with Crippen molar-refractivity contribution >= 4 is 21.9 Å². The number of piperazine rings is 1. The zero-order chi connectivity index (χ0) is 17.9. The van der Waals surface area contributed by atoms with Crippen molar-refractivity contribution in [3.8, 4) is 5.75 Å². The standard InChI is InChI=1S/C21H26N2O3/c1-2-22-9-11-23(12-10-22)14-16(24)15-25-17-7-8-21-19(13-17)18-5-3-4-6-20(18)26-21/h3-8,13,16,24H,2,9-12,14-15H2,1H3/t16-/m0/s1. The summed E-state index contributed by atoms with van der Waals surface area (Å²) in [7, 11) is 0. The predicted octanol–water partition coefficient (Wildman–Crippen LogP) is 2.96. The molecule has 0 bridgehead atoms. The van der Waals surface area contributed by atoms with E-state index in [-0.39, 0.29) is 0 Å². The van der Waals surface area contributed by atoms with Gasteiger partial charge in [0.15, 0.2) is 0 Å². The second-order valence-corrected chi connectivity index (χ2v) is 6.96. The summed E-state index contributed by atoms with van der Waals surface area (Å²) in [5, 5.41) is 12.5. The Bertz CT molecular complexity index is 868. The van der Waals surface area contributed by atoms with E-state index in [1.807, 2.05) is 36.4 Å². The molecule has 2 aromatic carbocycles. The van der Waals surface area contributed by atoms with Gasteiger partial charge in [-0.05, 0) is 30.8 Å². The average Bonchev–Trinajstić information content (AvgIpc) is 3.05. The highest BCUT2D eigenvalue weighted by molar-refractivity contribution is 6.05. The van der Waals surface area contributed by atoms with Crippen LogP contribution in [-0.4, -0.2) is 66.9 Å². The Balaban J connectivity index is 1.36. The van der Waals surface area contributed by atoms with Crippen LogP contribution >= 0.6 is 0 Å². The molecule has 1 aliphatic rings. The summed E-state index contributed by atoms with van der Waals surface area (Å²) < 4.78 is 11.7. The number of hydrogen-bond donors (Lipinski definition) is 1. The summed E-state index contributed by atoms with van der Waals surface area (Å²) in [4.78, 5) is 4.75. The molecule has 0 aliphatic carbocycles. The number of aliphatic hydroxyl groups excluding tert-OH is 1. The molecule has 0 unspecified atom stereocenters. The summed E-state index contributed by atoms with van der Waals surface area (Å²) in [6.45, 7) is 8.44. The van der Waals surface area contributed by atoms with Crippen molar-refractivity contribution in [2.24, 2.45) is 0 Å². The van der Waals surface area contributed by atoms with E-state index in [0.29, 0.717) is 13.2 Å². The van der Waals surface area contributed by atoms with Crippen LogP contribution in [0.25, 0.3) is 21.9 Å². The monoisotopic (exact) mass is 354 g/mol. The van der Waals surface area contributed by atoms with Crippen LogP contribution in [-0.2, 0) is 0 Å². The number of aliphatic hydroxyl groups is 1. The van der Waals surface area contributed by atoms with E-state index >= 15 is 0 Å². The van der Waals surface area contributed by atoms with Crippen LogP contribution in [0.1, 0.15) is 6.92 Å². The van der Waals surface area contributed by atoms with E-state index in [1.165, 1.54) is 0 Å². The molecule has 2 heterocycles. The highest BCUT2D eigenvalue weighted by atomic mass is 16.5. The lowest BCUT2D eigenvalue weighted by molar-refractivity contribution is 0.0471. The third-order valence-corrected chi connectivity index (χ3v) is 5.17. The van der Waals surface area contributed by atoms with Crippen LogP contribution in [0.15, 0.2) is 46.9 Å². The van der Waals surface area contributed by atoms with Crippen molar-refractivity contribution in [2.45, 2.75) is 13.0 Å². The Morgan fingerprint density at radius 1 is 1.00 bits per heavy atom. The lowest BCUT2D eigenvalue weighted by Crippen LogP contribution is -2.49. The topological polar surface area (TPSA) is 49.1 Å². The van der Waals surface area contributed by atoms with Gasteiger partial charge in [0.1, 0.15) is 29.6 Å². The second-order valence-electron chi connectivity index (χ2n) is 6.96. The van der Waals surface area contributed by atoms with Crippen molar-refractivity contribution in [1.82, 2.24) is 9.80 Å². The van der Waals surface area contributed by atoms with Gasteiger partial charge in [-0.15, -0.1) is 0 Å². The summed E-state index contributed by atoms with van der Waals surface area (Å²) in [5.74, 6) is 0.763. The highest BCUT2D eigenvalue weighted by Crippen LogP contribution is 2.31. The molecule has 26 heavy (non-hydrogen) atoms. The first-order chi connectivity index (χ1) is 12.7. The molecule has 4 rings (SSSR count). The van der Waals surface area contributed by atoms with E-state index in [1.54, 1.807) is 0 Å². The summed E-state index contributed by atoms with van der Waals surface area (Å²) in [6.07, 6.45) is -0.486. The predicted molar refractivity (Wildman–Crippen MR) is 104 cm³/mol. The Hall–Kier alpha value is -2.08. The van der Waals surface area contributed by atoms with Crippen LogP contribution < -0.4 is 4.74 Å². The fourth-order valence-electron chi connectivity index (χ4n) is 3.63. The van der Waals surface area contributed by atoms with Crippen LogP contribution in [0.5, 0.6) is 5.75 Å². The lowest BCUT2D eigenvalue weighted by Gasteiger charge is -2.34. The number of nitrogens with zero attached hydrogens (tertiary/aromatic N) is 2. The quantitative estimate of drug-likeness (QED) is 0.737. The molecule has 1 atom stereocenters. The molecule has 3 aromatic rings. The highest BCUT2D eigenvalue weighted by Gasteiger charge is 2.18. The van der Waals surface area contributed by atoms with E-state index < -0.39 is 6.10 Å². The minimum absolute atomic E-state index is 0.301. The maximum absolute atomic E-state index is 10.3. The third-order valence-electron chi connectivity index (χ3n) is 5.17. The number of ether oxygens (including phenoxy) is 1. The van der Waals surface area contributed by atoms with Gasteiger partial charge in [0, 0.05) is 43.5 Å². The van der Waals surface area contributed by atoms with Crippen LogP contribution in [0, 0.1) is 0 Å². The number of rotatable bonds is 6. The number of fused-ring (bicyclic) bond motifs is 3.